The fraction of sp³-hybridized carbons (Fsp3) is 0.556. The molecule has 1 heterocycles. The molecule has 17 heavy (non-hydrogen) atoms. The zero-order valence-corrected chi connectivity index (χ0v) is 10.8. The predicted molar refractivity (Wildman–Crippen MR) is 58.1 cm³/mol. The Morgan fingerprint density at radius 1 is 1.59 bits per heavy atom. The van der Waals surface area contributed by atoms with Crippen molar-refractivity contribution in [2.45, 2.75) is 26.2 Å². The van der Waals surface area contributed by atoms with Crippen molar-refractivity contribution in [3.05, 3.63) is 16.4 Å². The molecule has 0 spiro atoms. The lowest BCUT2D eigenvalue weighted by Gasteiger charge is -2.19. The molecule has 1 aromatic heterocycles. The molecule has 0 saturated carbocycles. The van der Waals surface area contributed by atoms with Crippen LogP contribution in [0.5, 0.6) is 0 Å². The number of amides is 1. The van der Waals surface area contributed by atoms with E-state index in [0.29, 0.717) is 21.6 Å². The summed E-state index contributed by atoms with van der Waals surface area (Å²) in [6.07, 6.45) is -3.36. The van der Waals surface area contributed by atoms with Crippen molar-refractivity contribution >= 4 is 21.8 Å². The lowest BCUT2D eigenvalue weighted by molar-refractivity contribution is -0.184. The summed E-state index contributed by atoms with van der Waals surface area (Å²) in [5.74, 6) is -1.87. The van der Waals surface area contributed by atoms with E-state index in [1.165, 1.54) is 10.9 Å². The first-order chi connectivity index (χ1) is 7.77. The minimum atomic E-state index is -4.85. The van der Waals surface area contributed by atoms with Crippen molar-refractivity contribution < 1.29 is 18.0 Å². The molecule has 0 saturated heterocycles. The van der Waals surface area contributed by atoms with Crippen LogP contribution in [0.25, 0.3) is 0 Å². The largest absolute Gasteiger partial charge is 0.471 e. The molecule has 1 amide bonds. The molecule has 4 nitrogen and oxygen atoms in total. The normalized spacial score (nSPS) is 11.6. The summed E-state index contributed by atoms with van der Waals surface area (Å²) in [5, 5.41) is 3.96. The highest BCUT2D eigenvalue weighted by Crippen LogP contribution is 2.22. The van der Waals surface area contributed by atoms with Gasteiger partial charge in [0.25, 0.3) is 0 Å². The maximum absolute atomic E-state index is 12.2. The highest BCUT2D eigenvalue weighted by atomic mass is 79.9. The Balaban J connectivity index is 2.84. The maximum Gasteiger partial charge on any atom is 0.471 e. The van der Waals surface area contributed by atoms with Crippen LogP contribution in [0, 0.1) is 0 Å². The Morgan fingerprint density at radius 2 is 2.18 bits per heavy atom. The van der Waals surface area contributed by atoms with Crippen LogP contribution < -0.4 is 0 Å². The number of rotatable bonds is 3. The van der Waals surface area contributed by atoms with Crippen LogP contribution >= 0.6 is 15.9 Å². The first-order valence-electron chi connectivity index (χ1n) is 4.79. The summed E-state index contributed by atoms with van der Waals surface area (Å²) in [4.78, 5) is 11.6. The number of nitrogens with zero attached hydrogens (tertiary/aromatic N) is 3. The SMILES string of the molecule is CCn1ncc(Br)c1CN(C)C(=O)C(F)(F)F. The van der Waals surface area contributed by atoms with Crippen molar-refractivity contribution in [1.82, 2.24) is 14.7 Å². The quantitative estimate of drug-likeness (QED) is 0.858. The van der Waals surface area contributed by atoms with Gasteiger partial charge in [-0.25, -0.2) is 0 Å². The van der Waals surface area contributed by atoms with E-state index in [4.69, 9.17) is 0 Å². The highest BCUT2D eigenvalue weighted by molar-refractivity contribution is 9.10. The third-order valence-electron chi connectivity index (χ3n) is 2.17. The molecule has 1 aromatic rings. The molecule has 0 radical (unpaired) electrons. The van der Waals surface area contributed by atoms with Crippen LogP contribution in [-0.4, -0.2) is 33.8 Å². The molecule has 0 bridgehead atoms. The Hall–Kier alpha value is -1.05. The Bertz CT molecular complexity index is 416. The second kappa shape index (κ2) is 5.07. The van der Waals surface area contributed by atoms with Crippen LogP contribution in [0.2, 0.25) is 0 Å². The minimum absolute atomic E-state index is 0.146. The Morgan fingerprint density at radius 3 is 2.65 bits per heavy atom. The molecule has 0 atom stereocenters. The summed E-state index contributed by atoms with van der Waals surface area (Å²) < 4.78 is 38.7. The standard InChI is InChI=1S/C9H11BrF3N3O/c1-3-16-7(6(10)4-14-16)5-15(2)8(17)9(11,12)13/h4H,3,5H2,1-2H3. The molecule has 0 N–H and O–H groups in total. The molecule has 0 aromatic carbocycles. The molecular weight excluding hydrogens is 303 g/mol. The van der Waals surface area contributed by atoms with Gasteiger partial charge in [0.1, 0.15) is 0 Å². The number of aryl methyl sites for hydroxylation is 1. The Kier molecular flexibility index (Phi) is 4.18. The molecule has 0 unspecified atom stereocenters. The smallest absolute Gasteiger partial charge is 0.332 e. The average Bonchev–Trinajstić information content (AvgIpc) is 2.57. The van der Waals surface area contributed by atoms with E-state index in [2.05, 4.69) is 21.0 Å². The second-order valence-electron chi connectivity index (χ2n) is 3.41. The molecule has 0 fully saturated rings. The lowest BCUT2D eigenvalue weighted by Crippen LogP contribution is -2.38. The fourth-order valence-corrected chi connectivity index (χ4v) is 1.75. The predicted octanol–water partition coefficient (Wildman–Crippen LogP) is 2.19. The summed E-state index contributed by atoms with van der Waals surface area (Å²) >= 11 is 3.18. The summed E-state index contributed by atoms with van der Waals surface area (Å²) in [6.45, 7) is 2.19. The Labute approximate surface area is 105 Å². The van der Waals surface area contributed by atoms with Crippen molar-refractivity contribution in [3.8, 4) is 0 Å². The van der Waals surface area contributed by atoms with E-state index in [0.717, 1.165) is 7.05 Å². The summed E-state index contributed by atoms with van der Waals surface area (Å²) in [7, 11) is 1.11. The number of carbonyl (C=O) groups is 1. The zero-order chi connectivity index (χ0) is 13.2. The second-order valence-corrected chi connectivity index (χ2v) is 4.27. The van der Waals surface area contributed by atoms with Crippen LogP contribution in [0.3, 0.4) is 0 Å². The number of hydrogen-bond donors (Lipinski definition) is 0. The molecule has 1 rings (SSSR count). The van der Waals surface area contributed by atoms with Gasteiger partial charge in [-0.15, -0.1) is 0 Å². The van der Waals surface area contributed by atoms with Crippen molar-refractivity contribution in [3.63, 3.8) is 0 Å². The first kappa shape index (κ1) is 14.0. The van der Waals surface area contributed by atoms with Gasteiger partial charge in [0.05, 0.1) is 22.9 Å². The number of halogens is 4. The molecule has 0 aliphatic rings. The van der Waals surface area contributed by atoms with E-state index in [1.54, 1.807) is 0 Å². The van der Waals surface area contributed by atoms with Crippen LogP contribution in [0.4, 0.5) is 13.2 Å². The van der Waals surface area contributed by atoms with E-state index in [1.807, 2.05) is 6.92 Å². The number of aromatic nitrogens is 2. The van der Waals surface area contributed by atoms with Gasteiger partial charge in [-0.2, -0.15) is 18.3 Å². The average molecular weight is 314 g/mol. The van der Waals surface area contributed by atoms with Gasteiger partial charge in [0, 0.05) is 13.6 Å². The summed E-state index contributed by atoms with van der Waals surface area (Å²) in [5.41, 5.74) is 0.535. The third kappa shape index (κ3) is 3.21. The van der Waals surface area contributed by atoms with Gasteiger partial charge >= 0.3 is 12.1 Å². The third-order valence-corrected chi connectivity index (χ3v) is 2.84. The van der Waals surface area contributed by atoms with Gasteiger partial charge in [0.15, 0.2) is 0 Å². The number of carbonyl (C=O) groups excluding carboxylic acids is 1. The number of alkyl halides is 3. The minimum Gasteiger partial charge on any atom is -0.332 e. The van der Waals surface area contributed by atoms with Crippen LogP contribution in [0.15, 0.2) is 10.7 Å². The van der Waals surface area contributed by atoms with E-state index < -0.39 is 12.1 Å². The molecule has 0 aliphatic heterocycles. The van der Waals surface area contributed by atoms with Crippen molar-refractivity contribution in [1.29, 1.82) is 0 Å². The zero-order valence-electron chi connectivity index (χ0n) is 9.25. The van der Waals surface area contributed by atoms with E-state index in [-0.39, 0.29) is 6.54 Å². The highest BCUT2D eigenvalue weighted by Gasteiger charge is 2.41. The van der Waals surface area contributed by atoms with Crippen LogP contribution in [-0.2, 0) is 17.9 Å². The van der Waals surface area contributed by atoms with Gasteiger partial charge in [-0.05, 0) is 22.9 Å². The van der Waals surface area contributed by atoms with Gasteiger partial charge in [0.2, 0.25) is 0 Å². The van der Waals surface area contributed by atoms with Gasteiger partial charge in [-0.1, -0.05) is 0 Å². The monoisotopic (exact) mass is 313 g/mol. The first-order valence-corrected chi connectivity index (χ1v) is 5.59. The fourth-order valence-electron chi connectivity index (χ4n) is 1.33. The molecule has 96 valence electrons. The molecular formula is C9H11BrF3N3O. The summed E-state index contributed by atoms with van der Waals surface area (Å²) in [6, 6.07) is 0. The van der Waals surface area contributed by atoms with Crippen molar-refractivity contribution in [2.75, 3.05) is 7.05 Å². The lowest BCUT2D eigenvalue weighted by atomic mass is 10.3. The molecule has 0 aliphatic carbocycles. The van der Waals surface area contributed by atoms with Gasteiger partial charge in [-0.3, -0.25) is 9.48 Å². The maximum atomic E-state index is 12.2. The number of hydrogen-bond acceptors (Lipinski definition) is 2. The van der Waals surface area contributed by atoms with Crippen molar-refractivity contribution in [2.24, 2.45) is 0 Å². The van der Waals surface area contributed by atoms with E-state index >= 15 is 0 Å². The molecule has 8 heteroatoms. The van der Waals surface area contributed by atoms with Gasteiger partial charge < -0.3 is 4.90 Å². The van der Waals surface area contributed by atoms with Crippen LogP contribution in [0.1, 0.15) is 12.6 Å². The van der Waals surface area contributed by atoms with E-state index in [9.17, 15) is 18.0 Å². The topological polar surface area (TPSA) is 38.1 Å².